The Bertz CT molecular complexity index is 634. The van der Waals surface area contributed by atoms with Crippen molar-refractivity contribution < 1.29 is 30.6 Å². The van der Waals surface area contributed by atoms with E-state index in [-0.39, 0.29) is 16.8 Å². The molecule has 7 N–H and O–H groups in total. The monoisotopic (exact) mass is 358 g/mol. The molecule has 0 spiro atoms. The number of hydrogen-bond donors (Lipinski definition) is 3. The predicted octanol–water partition coefficient (Wildman–Crippen LogP) is 0.493. The second-order valence-corrected chi connectivity index (χ2v) is 4.82. The Morgan fingerprint density at radius 3 is 2.43 bits per heavy atom. The number of phenols is 1. The number of halogens is 1. The van der Waals surface area contributed by atoms with E-state index in [4.69, 9.17) is 15.9 Å². The number of nitrogens with two attached hydrogens (primary N) is 1. The minimum absolute atomic E-state index is 0. The number of aromatic nitrogens is 1. The lowest BCUT2D eigenvalue weighted by molar-refractivity contribution is -0.361. The van der Waals surface area contributed by atoms with Crippen molar-refractivity contribution in [2.45, 2.75) is 6.92 Å². The van der Waals surface area contributed by atoms with Crippen molar-refractivity contribution >= 4 is 27.7 Å². The molecule has 0 aliphatic heterocycles. The van der Waals surface area contributed by atoms with Gasteiger partial charge in [0.15, 0.2) is 0 Å². The number of pyridine rings is 1. The van der Waals surface area contributed by atoms with E-state index in [0.717, 1.165) is 34.1 Å². The molecule has 0 aliphatic rings. The molecule has 2 aromatic rings. The molecule has 0 unspecified atom stereocenters. The topological polar surface area (TPSA) is 152 Å². The largest absolute Gasteiger partial charge is 0.872 e. The normalized spacial score (nSPS) is 9.05. The standard InChI is InChI=1S/C7H6O4.C6H7BrN2.H2O/c8-4-1-2-5(7(10)11)6(9)3-4;1-4-2-5(7)3-9-6(4)8;/h1-3,8-9H,(H,10,11);2-3H,1H3,(H2,8,9);1H2. The van der Waals surface area contributed by atoms with Crippen LogP contribution in [0.15, 0.2) is 34.9 Å². The summed E-state index contributed by atoms with van der Waals surface area (Å²) in [6.45, 7) is 1.95. The lowest BCUT2D eigenvalue weighted by Gasteiger charge is -2.08. The summed E-state index contributed by atoms with van der Waals surface area (Å²) < 4.78 is 1.02. The number of phenolic OH excluding ortho intramolecular Hbond substituents is 1. The fourth-order valence-electron chi connectivity index (χ4n) is 1.27. The molecule has 8 heteroatoms. The number of benzene rings is 1. The van der Waals surface area contributed by atoms with Gasteiger partial charge in [-0.2, -0.15) is 0 Å². The Hall–Kier alpha value is -2.32. The molecule has 1 aromatic heterocycles. The summed E-state index contributed by atoms with van der Waals surface area (Å²) in [6.07, 6.45) is 1.81. The van der Waals surface area contributed by atoms with Crippen LogP contribution in [-0.2, 0) is 0 Å². The van der Waals surface area contributed by atoms with Crippen LogP contribution in [0, 0.1) is 6.92 Å². The van der Waals surface area contributed by atoms with Gasteiger partial charge >= 0.3 is 5.97 Å². The van der Waals surface area contributed by atoms with Crippen molar-refractivity contribution in [3.63, 3.8) is 0 Å². The minimum atomic E-state index is -1.28. The second kappa shape index (κ2) is 8.08. The summed E-state index contributed by atoms with van der Waals surface area (Å²) in [5.41, 5.74) is 6.24. The first-order valence-corrected chi connectivity index (χ1v) is 6.27. The van der Waals surface area contributed by atoms with Gasteiger partial charge in [-0.1, -0.05) is 5.75 Å². The summed E-state index contributed by atoms with van der Waals surface area (Å²) in [6, 6.07) is 5.06. The fraction of sp³-hybridized carbons (Fsp3) is 0.0769. The highest BCUT2D eigenvalue weighted by Crippen LogP contribution is 2.19. The number of carbonyl (C=O) groups is 1. The number of aromatic carboxylic acids is 1. The Morgan fingerprint density at radius 1 is 1.38 bits per heavy atom. The third kappa shape index (κ3) is 5.67. The number of aromatic hydroxyl groups is 1. The van der Waals surface area contributed by atoms with Gasteiger partial charge in [-0.05, 0) is 47.1 Å². The van der Waals surface area contributed by atoms with E-state index < -0.39 is 11.7 Å². The molecule has 7 nitrogen and oxygen atoms in total. The van der Waals surface area contributed by atoms with Crippen molar-refractivity contribution in [1.29, 1.82) is 0 Å². The molecule has 1 heterocycles. The summed E-state index contributed by atoms with van der Waals surface area (Å²) >= 11 is 3.31. The van der Waals surface area contributed by atoms with Crippen LogP contribution in [0.3, 0.4) is 0 Å². The van der Waals surface area contributed by atoms with Crippen LogP contribution in [0.25, 0.3) is 0 Å². The molecule has 0 bridgehead atoms. The van der Waals surface area contributed by atoms with E-state index in [1.165, 1.54) is 0 Å². The average Bonchev–Trinajstić information content (AvgIpc) is 2.34. The van der Waals surface area contributed by atoms with Crippen molar-refractivity contribution in [3.05, 3.63) is 46.1 Å². The maximum Gasteiger partial charge on any atom is 0.335 e. The van der Waals surface area contributed by atoms with Crippen molar-refractivity contribution in [3.8, 4) is 11.5 Å². The Morgan fingerprint density at radius 2 is 2.00 bits per heavy atom. The van der Waals surface area contributed by atoms with Crippen LogP contribution in [0.1, 0.15) is 15.9 Å². The first-order chi connectivity index (χ1) is 9.31. The zero-order valence-electron chi connectivity index (χ0n) is 11.1. The number of H-pyrrole nitrogens is 1. The number of anilines is 1. The number of carboxylic acids is 1. The number of aryl methyl sites for hydroxylation is 1. The van der Waals surface area contributed by atoms with Crippen LogP contribution < -0.4 is 15.8 Å². The zero-order valence-corrected chi connectivity index (χ0v) is 12.6. The molecule has 0 saturated heterocycles. The highest BCUT2D eigenvalue weighted by molar-refractivity contribution is 9.10. The molecule has 0 amide bonds. The van der Waals surface area contributed by atoms with Gasteiger partial charge in [0.2, 0.25) is 0 Å². The Labute approximate surface area is 129 Å². The third-order valence-corrected chi connectivity index (χ3v) is 2.80. The van der Waals surface area contributed by atoms with Gasteiger partial charge in [-0.3, -0.25) is 5.73 Å². The number of aromatic amines is 1. The summed E-state index contributed by atoms with van der Waals surface area (Å²) in [5.74, 6) is -1.47. The smallest absolute Gasteiger partial charge is 0.335 e. The maximum absolute atomic E-state index is 10.7. The predicted molar refractivity (Wildman–Crippen MR) is 78.0 cm³/mol. The lowest BCUT2D eigenvalue weighted by Crippen LogP contribution is -2.10. The maximum atomic E-state index is 10.7. The molecule has 2 rings (SSSR count). The lowest BCUT2D eigenvalue weighted by atomic mass is 10.2. The molecule has 0 aliphatic carbocycles. The quantitative estimate of drug-likeness (QED) is 0.677. The average molecular weight is 359 g/mol. The van der Waals surface area contributed by atoms with Crippen LogP contribution >= 0.6 is 15.9 Å². The van der Waals surface area contributed by atoms with E-state index in [9.17, 15) is 9.90 Å². The molecule has 0 atom stereocenters. The van der Waals surface area contributed by atoms with Crippen LogP contribution in [0.2, 0.25) is 0 Å². The first-order valence-electron chi connectivity index (χ1n) is 5.48. The van der Waals surface area contributed by atoms with Gasteiger partial charge in [0.1, 0.15) is 11.9 Å². The Kier molecular flexibility index (Phi) is 7.18. The van der Waals surface area contributed by atoms with Crippen LogP contribution in [0.4, 0.5) is 5.82 Å². The summed E-state index contributed by atoms with van der Waals surface area (Å²) in [7, 11) is 0. The van der Waals surface area contributed by atoms with Crippen molar-refractivity contribution in [2.24, 2.45) is 0 Å². The Balaban J connectivity index is 0.000000370. The molecule has 0 saturated carbocycles. The van der Waals surface area contributed by atoms with Gasteiger partial charge in [0.25, 0.3) is 5.82 Å². The minimum Gasteiger partial charge on any atom is -0.872 e. The molecule has 0 fully saturated rings. The van der Waals surface area contributed by atoms with Gasteiger partial charge < -0.3 is 20.8 Å². The van der Waals surface area contributed by atoms with Crippen molar-refractivity contribution in [2.75, 3.05) is 5.73 Å². The van der Waals surface area contributed by atoms with Gasteiger partial charge in [-0.25, -0.2) is 9.78 Å². The number of nitrogen functional groups attached to an aromatic ring is 1. The second-order valence-electron chi connectivity index (χ2n) is 3.90. The third-order valence-electron chi connectivity index (χ3n) is 2.34. The van der Waals surface area contributed by atoms with E-state index in [1.807, 2.05) is 19.2 Å². The summed E-state index contributed by atoms with van der Waals surface area (Å²) in [4.78, 5) is 13.2. The number of hydrogen-bond acceptors (Lipinski definition) is 4. The molecule has 21 heavy (non-hydrogen) atoms. The molecular weight excluding hydrogens is 344 g/mol. The van der Waals surface area contributed by atoms with Crippen LogP contribution in [0.5, 0.6) is 11.5 Å². The van der Waals surface area contributed by atoms with Gasteiger partial charge in [0, 0.05) is 5.56 Å². The number of rotatable bonds is 1. The highest BCUT2D eigenvalue weighted by Gasteiger charge is 2.02. The van der Waals surface area contributed by atoms with Crippen molar-refractivity contribution in [1.82, 2.24) is 0 Å². The molecule has 1 aromatic carbocycles. The van der Waals surface area contributed by atoms with Gasteiger partial charge in [-0.15, -0.1) is 0 Å². The van der Waals surface area contributed by atoms with E-state index in [0.29, 0.717) is 0 Å². The zero-order chi connectivity index (χ0) is 15.3. The molecule has 0 radical (unpaired) electrons. The fourth-order valence-corrected chi connectivity index (χ4v) is 1.73. The molecular formula is C13H15BrN2O5. The first kappa shape index (κ1) is 18.7. The molecule has 114 valence electrons. The van der Waals surface area contributed by atoms with Crippen LogP contribution in [-0.4, -0.2) is 21.7 Å². The number of carboxylic acid groups (broad SMARTS) is 1. The SMILES string of the molecule is Cc1cc(Br)c[nH+]c1N.O.O=C(O)c1ccc(O)cc1[O-]. The highest BCUT2D eigenvalue weighted by atomic mass is 79.9. The number of nitrogens with one attached hydrogen (secondary N) is 1. The van der Waals surface area contributed by atoms with E-state index >= 15 is 0 Å². The summed E-state index contributed by atoms with van der Waals surface area (Å²) in [5, 5.41) is 27.8. The van der Waals surface area contributed by atoms with Gasteiger partial charge in [0.05, 0.1) is 10.0 Å². The van der Waals surface area contributed by atoms with E-state index in [1.54, 1.807) is 0 Å². The van der Waals surface area contributed by atoms with E-state index in [2.05, 4.69) is 20.9 Å².